The molecule has 0 aliphatic carbocycles. The van der Waals surface area contributed by atoms with E-state index >= 15 is 0 Å². The predicted octanol–water partition coefficient (Wildman–Crippen LogP) is 4.47. The summed E-state index contributed by atoms with van der Waals surface area (Å²) in [7, 11) is 0. The van der Waals surface area contributed by atoms with Gasteiger partial charge in [-0.05, 0) is 31.5 Å². The normalized spacial score (nSPS) is 13.2. The molecule has 0 radical (unpaired) electrons. The first-order valence-electron chi connectivity index (χ1n) is 6.44. The Morgan fingerprint density at radius 2 is 1.78 bits per heavy atom. The van der Waals surface area contributed by atoms with E-state index in [4.69, 9.17) is 0 Å². The Labute approximate surface area is 106 Å². The number of aromatic nitrogens is 1. The Kier molecular flexibility index (Phi) is 2.51. The van der Waals surface area contributed by atoms with E-state index in [1.54, 1.807) is 6.07 Å². The number of hydrogen-bond donors (Lipinski definition) is 1. The minimum Gasteiger partial charge on any atom is -0.507 e. The number of nitrogens with zero attached hydrogens (tertiary/aromatic N) is 1. The topological polar surface area (TPSA) is 25.2 Å². The molecular weight excluding hydrogens is 222 g/mol. The molecule has 1 N–H and O–H groups in total. The van der Waals surface area contributed by atoms with Crippen LogP contribution < -0.4 is 0 Å². The molecule has 1 atom stereocenters. The lowest BCUT2D eigenvalue weighted by atomic mass is 10.1. The van der Waals surface area contributed by atoms with E-state index < -0.39 is 0 Å². The van der Waals surface area contributed by atoms with E-state index in [0.29, 0.717) is 11.8 Å². The summed E-state index contributed by atoms with van der Waals surface area (Å²) in [5.41, 5.74) is 2.31. The third kappa shape index (κ3) is 1.42. The molecule has 0 saturated heterocycles. The van der Waals surface area contributed by atoms with Gasteiger partial charge in [-0.25, -0.2) is 0 Å². The first-order chi connectivity index (χ1) is 8.74. The monoisotopic (exact) mass is 239 g/mol. The Balaban J connectivity index is 2.54. The molecule has 1 unspecified atom stereocenters. The predicted molar refractivity (Wildman–Crippen MR) is 76.1 cm³/mol. The molecule has 0 aliphatic rings. The van der Waals surface area contributed by atoms with E-state index in [2.05, 4.69) is 42.7 Å². The maximum absolute atomic E-state index is 10.1. The SMILES string of the molecule is CCC(C)n1c2ccccc2c2c(O)cccc21. The van der Waals surface area contributed by atoms with Gasteiger partial charge in [0.2, 0.25) is 0 Å². The lowest BCUT2D eigenvalue weighted by Gasteiger charge is -2.14. The van der Waals surface area contributed by atoms with Gasteiger partial charge in [-0.15, -0.1) is 0 Å². The van der Waals surface area contributed by atoms with Crippen LogP contribution in [-0.2, 0) is 0 Å². The van der Waals surface area contributed by atoms with Crippen molar-refractivity contribution in [3.05, 3.63) is 42.5 Å². The third-order valence-electron chi connectivity index (χ3n) is 3.74. The summed E-state index contributed by atoms with van der Waals surface area (Å²) in [6.07, 6.45) is 1.07. The Hall–Kier alpha value is -1.96. The van der Waals surface area contributed by atoms with Crippen LogP contribution in [0.5, 0.6) is 5.75 Å². The average Bonchev–Trinajstić information content (AvgIpc) is 2.73. The zero-order valence-corrected chi connectivity index (χ0v) is 10.7. The number of benzene rings is 2. The number of para-hydroxylation sites is 1. The highest BCUT2D eigenvalue weighted by molar-refractivity contribution is 6.11. The summed E-state index contributed by atoms with van der Waals surface area (Å²) >= 11 is 0. The van der Waals surface area contributed by atoms with Crippen molar-refractivity contribution in [1.29, 1.82) is 0 Å². The van der Waals surface area contributed by atoms with E-state index in [0.717, 1.165) is 22.7 Å². The second-order valence-electron chi connectivity index (χ2n) is 4.82. The molecule has 0 fully saturated rings. The van der Waals surface area contributed by atoms with Crippen molar-refractivity contribution in [2.24, 2.45) is 0 Å². The van der Waals surface area contributed by atoms with Gasteiger partial charge in [0.05, 0.1) is 5.52 Å². The second-order valence-corrected chi connectivity index (χ2v) is 4.82. The molecule has 18 heavy (non-hydrogen) atoms. The van der Waals surface area contributed by atoms with Crippen LogP contribution in [0.4, 0.5) is 0 Å². The fourth-order valence-corrected chi connectivity index (χ4v) is 2.69. The lowest BCUT2D eigenvalue weighted by molar-refractivity contribution is 0.481. The zero-order chi connectivity index (χ0) is 12.7. The number of aromatic hydroxyl groups is 1. The van der Waals surface area contributed by atoms with Crippen LogP contribution in [0.1, 0.15) is 26.3 Å². The van der Waals surface area contributed by atoms with Crippen molar-refractivity contribution in [1.82, 2.24) is 4.57 Å². The summed E-state index contributed by atoms with van der Waals surface area (Å²) in [6, 6.07) is 14.5. The summed E-state index contributed by atoms with van der Waals surface area (Å²) < 4.78 is 2.32. The molecule has 92 valence electrons. The zero-order valence-electron chi connectivity index (χ0n) is 10.7. The molecule has 2 heteroatoms. The second kappa shape index (κ2) is 4.05. The van der Waals surface area contributed by atoms with E-state index in [1.807, 2.05) is 12.1 Å². The largest absolute Gasteiger partial charge is 0.507 e. The Morgan fingerprint density at radius 1 is 1.06 bits per heavy atom. The molecule has 0 saturated carbocycles. The van der Waals surface area contributed by atoms with Crippen LogP contribution in [0.15, 0.2) is 42.5 Å². The molecule has 0 bridgehead atoms. The van der Waals surface area contributed by atoms with Crippen molar-refractivity contribution < 1.29 is 5.11 Å². The number of rotatable bonds is 2. The smallest absolute Gasteiger partial charge is 0.125 e. The van der Waals surface area contributed by atoms with Crippen LogP contribution >= 0.6 is 0 Å². The molecule has 3 rings (SSSR count). The molecule has 0 aliphatic heterocycles. The van der Waals surface area contributed by atoms with Crippen molar-refractivity contribution in [2.45, 2.75) is 26.3 Å². The van der Waals surface area contributed by atoms with E-state index in [-0.39, 0.29) is 0 Å². The molecule has 1 aromatic heterocycles. The summed E-state index contributed by atoms with van der Waals surface area (Å²) in [4.78, 5) is 0. The highest BCUT2D eigenvalue weighted by Crippen LogP contribution is 2.37. The molecular formula is C16H17NO. The standard InChI is InChI=1S/C16H17NO/c1-3-11(2)17-13-8-5-4-7-12(13)16-14(17)9-6-10-15(16)18/h4-11,18H,3H2,1-2H3. The Bertz CT molecular complexity index is 712. The van der Waals surface area contributed by atoms with Gasteiger partial charge in [-0.3, -0.25) is 0 Å². The van der Waals surface area contributed by atoms with Crippen LogP contribution in [0, 0.1) is 0 Å². The van der Waals surface area contributed by atoms with Crippen molar-refractivity contribution in [3.8, 4) is 5.75 Å². The highest BCUT2D eigenvalue weighted by atomic mass is 16.3. The van der Waals surface area contributed by atoms with Gasteiger partial charge in [-0.1, -0.05) is 31.2 Å². The quantitative estimate of drug-likeness (QED) is 0.701. The van der Waals surface area contributed by atoms with Gasteiger partial charge in [-0.2, -0.15) is 0 Å². The fourth-order valence-electron chi connectivity index (χ4n) is 2.69. The average molecular weight is 239 g/mol. The molecule has 3 aromatic rings. The summed E-state index contributed by atoms with van der Waals surface area (Å²) in [5.74, 6) is 0.366. The summed E-state index contributed by atoms with van der Waals surface area (Å²) in [6.45, 7) is 4.41. The third-order valence-corrected chi connectivity index (χ3v) is 3.74. The highest BCUT2D eigenvalue weighted by Gasteiger charge is 2.15. The van der Waals surface area contributed by atoms with Crippen LogP contribution in [-0.4, -0.2) is 9.67 Å². The van der Waals surface area contributed by atoms with E-state index in [1.165, 1.54) is 5.52 Å². The van der Waals surface area contributed by atoms with Crippen molar-refractivity contribution in [2.75, 3.05) is 0 Å². The molecule has 2 aromatic carbocycles. The maximum Gasteiger partial charge on any atom is 0.125 e. The minimum atomic E-state index is 0.366. The van der Waals surface area contributed by atoms with Gasteiger partial charge < -0.3 is 9.67 Å². The minimum absolute atomic E-state index is 0.366. The lowest BCUT2D eigenvalue weighted by Crippen LogP contribution is -2.02. The van der Waals surface area contributed by atoms with Gasteiger partial charge >= 0.3 is 0 Å². The van der Waals surface area contributed by atoms with E-state index in [9.17, 15) is 5.11 Å². The first-order valence-corrected chi connectivity index (χ1v) is 6.44. The molecule has 2 nitrogen and oxygen atoms in total. The number of hydrogen-bond acceptors (Lipinski definition) is 1. The van der Waals surface area contributed by atoms with Gasteiger partial charge in [0.15, 0.2) is 0 Å². The van der Waals surface area contributed by atoms with Crippen LogP contribution in [0.2, 0.25) is 0 Å². The number of fused-ring (bicyclic) bond motifs is 3. The maximum atomic E-state index is 10.1. The molecule has 1 heterocycles. The Morgan fingerprint density at radius 3 is 2.56 bits per heavy atom. The molecule has 0 spiro atoms. The first kappa shape index (κ1) is 11.1. The molecule has 0 amide bonds. The van der Waals surface area contributed by atoms with Gasteiger partial charge in [0, 0.05) is 22.3 Å². The van der Waals surface area contributed by atoms with Crippen LogP contribution in [0.25, 0.3) is 21.8 Å². The van der Waals surface area contributed by atoms with Crippen molar-refractivity contribution >= 4 is 21.8 Å². The number of phenolic OH excluding ortho intramolecular Hbond substituents is 1. The van der Waals surface area contributed by atoms with Gasteiger partial charge in [0.1, 0.15) is 5.75 Å². The van der Waals surface area contributed by atoms with Gasteiger partial charge in [0.25, 0.3) is 0 Å². The summed E-state index contributed by atoms with van der Waals surface area (Å²) in [5, 5.41) is 12.2. The fraction of sp³-hybridized carbons (Fsp3) is 0.250. The van der Waals surface area contributed by atoms with Crippen LogP contribution in [0.3, 0.4) is 0 Å². The van der Waals surface area contributed by atoms with Crippen molar-refractivity contribution in [3.63, 3.8) is 0 Å². The number of phenols is 1.